The molecule has 1 amide bonds. The Labute approximate surface area is 142 Å². The zero-order valence-corrected chi connectivity index (χ0v) is 13.7. The van der Waals surface area contributed by atoms with Crippen molar-refractivity contribution in [2.75, 3.05) is 0 Å². The van der Waals surface area contributed by atoms with Gasteiger partial charge in [-0.1, -0.05) is 12.1 Å². The van der Waals surface area contributed by atoms with Gasteiger partial charge in [-0.3, -0.25) is 9.20 Å². The number of thiol groups is 1. The first-order chi connectivity index (χ1) is 11.5. The predicted molar refractivity (Wildman–Crippen MR) is 89.4 cm³/mol. The zero-order chi connectivity index (χ0) is 17.3. The van der Waals surface area contributed by atoms with E-state index in [2.05, 4.69) is 22.6 Å². The molecule has 1 aromatic carbocycles. The number of rotatable bonds is 5. The van der Waals surface area contributed by atoms with Gasteiger partial charge in [0.1, 0.15) is 17.7 Å². The second-order valence-corrected chi connectivity index (χ2v) is 5.74. The van der Waals surface area contributed by atoms with E-state index in [1.54, 1.807) is 35.9 Å². The lowest BCUT2D eigenvalue weighted by Gasteiger charge is -2.09. The van der Waals surface area contributed by atoms with Gasteiger partial charge in [0, 0.05) is 12.4 Å². The maximum Gasteiger partial charge on any atom is 0.258 e. The highest BCUT2D eigenvalue weighted by atomic mass is 32.1. The molecule has 0 saturated carbocycles. The van der Waals surface area contributed by atoms with Crippen molar-refractivity contribution in [1.29, 1.82) is 0 Å². The second-order valence-electron chi connectivity index (χ2n) is 5.23. The first kappa shape index (κ1) is 16.3. The summed E-state index contributed by atoms with van der Waals surface area (Å²) >= 11 is 4.25. The number of fused-ring (bicyclic) bond motifs is 1. The Kier molecular flexibility index (Phi) is 4.39. The van der Waals surface area contributed by atoms with Gasteiger partial charge in [0.2, 0.25) is 11.6 Å². The van der Waals surface area contributed by atoms with Gasteiger partial charge in [0.05, 0.1) is 11.4 Å². The highest BCUT2D eigenvalue weighted by Gasteiger charge is 2.22. The van der Waals surface area contributed by atoms with Gasteiger partial charge in [0.25, 0.3) is 5.88 Å². The summed E-state index contributed by atoms with van der Waals surface area (Å²) in [6.07, 6.45) is 3.21. The normalized spacial score (nSPS) is 12.3. The van der Waals surface area contributed by atoms with E-state index < -0.39 is 11.2 Å². The summed E-state index contributed by atoms with van der Waals surface area (Å²) in [5.41, 5.74) is 7.80. The molecule has 0 saturated heterocycles. The topological polar surface area (TPSA) is 82.5 Å². The Morgan fingerprint density at radius 2 is 2.12 bits per heavy atom. The molecule has 0 aliphatic carbocycles. The van der Waals surface area contributed by atoms with Crippen LogP contribution in [-0.4, -0.2) is 20.3 Å². The average molecular weight is 346 g/mol. The van der Waals surface area contributed by atoms with Crippen LogP contribution in [-0.2, 0) is 11.4 Å². The standard InChI is InChI=1S/C16H15FN4O2S/c1-9-12(13(24)14(18)22)21-7-6-19-16(15(21)20-9)23-8-10-2-4-11(17)5-3-10/h2-7,13,24H,8H2,1H3,(H2,18,22). The molecule has 1 unspecified atom stereocenters. The van der Waals surface area contributed by atoms with E-state index in [1.807, 2.05) is 0 Å². The second kappa shape index (κ2) is 6.48. The van der Waals surface area contributed by atoms with Gasteiger partial charge >= 0.3 is 0 Å². The molecule has 8 heteroatoms. The zero-order valence-electron chi connectivity index (χ0n) is 12.8. The van der Waals surface area contributed by atoms with Crippen LogP contribution in [0.25, 0.3) is 5.65 Å². The lowest BCUT2D eigenvalue weighted by Crippen LogP contribution is -2.19. The molecule has 2 N–H and O–H groups in total. The Morgan fingerprint density at radius 1 is 1.42 bits per heavy atom. The molecule has 1 atom stereocenters. The van der Waals surface area contributed by atoms with Crippen LogP contribution in [0.4, 0.5) is 4.39 Å². The molecule has 0 radical (unpaired) electrons. The van der Waals surface area contributed by atoms with Crippen LogP contribution in [0.2, 0.25) is 0 Å². The van der Waals surface area contributed by atoms with E-state index in [0.717, 1.165) is 5.56 Å². The molecule has 2 aromatic heterocycles. The molecule has 6 nitrogen and oxygen atoms in total. The van der Waals surface area contributed by atoms with E-state index in [4.69, 9.17) is 10.5 Å². The minimum Gasteiger partial charge on any atom is -0.470 e. The SMILES string of the molecule is Cc1nc2c(OCc3ccc(F)cc3)nccn2c1C(S)C(N)=O. The molecule has 0 fully saturated rings. The van der Waals surface area contributed by atoms with E-state index in [9.17, 15) is 9.18 Å². The van der Waals surface area contributed by atoms with Crippen LogP contribution in [0.5, 0.6) is 5.88 Å². The van der Waals surface area contributed by atoms with Crippen molar-refractivity contribution in [3.05, 3.63) is 59.4 Å². The number of halogens is 1. The van der Waals surface area contributed by atoms with Crippen molar-refractivity contribution < 1.29 is 13.9 Å². The van der Waals surface area contributed by atoms with Gasteiger partial charge in [-0.25, -0.2) is 14.4 Å². The Hall–Kier alpha value is -2.61. The summed E-state index contributed by atoms with van der Waals surface area (Å²) < 4.78 is 20.3. The summed E-state index contributed by atoms with van der Waals surface area (Å²) in [6.45, 7) is 1.98. The van der Waals surface area contributed by atoms with Crippen molar-refractivity contribution in [2.45, 2.75) is 18.8 Å². The highest BCUT2D eigenvalue weighted by molar-refractivity contribution is 7.81. The summed E-state index contributed by atoms with van der Waals surface area (Å²) in [7, 11) is 0. The smallest absolute Gasteiger partial charge is 0.258 e. The molecule has 24 heavy (non-hydrogen) atoms. The summed E-state index contributed by atoms with van der Waals surface area (Å²) in [5, 5.41) is -0.785. The fraction of sp³-hybridized carbons (Fsp3) is 0.188. The van der Waals surface area contributed by atoms with Crippen LogP contribution in [0, 0.1) is 12.7 Å². The van der Waals surface area contributed by atoms with Crippen LogP contribution < -0.4 is 10.5 Å². The Morgan fingerprint density at radius 3 is 2.79 bits per heavy atom. The lowest BCUT2D eigenvalue weighted by atomic mass is 10.2. The molecule has 3 aromatic rings. The van der Waals surface area contributed by atoms with E-state index in [1.165, 1.54) is 12.1 Å². The summed E-state index contributed by atoms with van der Waals surface area (Å²) in [6, 6.07) is 5.99. The monoisotopic (exact) mass is 346 g/mol. The predicted octanol–water partition coefficient (Wildman–Crippen LogP) is 2.21. The number of imidazole rings is 1. The third kappa shape index (κ3) is 3.05. The number of carbonyl (C=O) groups excluding carboxylic acids is 1. The third-order valence-electron chi connectivity index (χ3n) is 3.55. The number of nitrogens with two attached hydrogens (primary N) is 1. The van der Waals surface area contributed by atoms with Gasteiger partial charge < -0.3 is 10.5 Å². The summed E-state index contributed by atoms with van der Waals surface area (Å²) in [4.78, 5) is 20.0. The molecule has 2 heterocycles. The molecule has 0 spiro atoms. The molecule has 0 bridgehead atoms. The third-order valence-corrected chi connectivity index (χ3v) is 4.05. The number of benzene rings is 1. The molecule has 0 aliphatic heterocycles. The van der Waals surface area contributed by atoms with Crippen LogP contribution in [0.1, 0.15) is 22.2 Å². The fourth-order valence-corrected chi connectivity index (χ4v) is 2.70. The number of carbonyl (C=O) groups is 1. The highest BCUT2D eigenvalue weighted by Crippen LogP contribution is 2.27. The molecule has 124 valence electrons. The number of aryl methyl sites for hydroxylation is 1. The number of nitrogens with zero attached hydrogens (tertiary/aromatic N) is 3. The van der Waals surface area contributed by atoms with Crippen LogP contribution in [0.15, 0.2) is 36.7 Å². The van der Waals surface area contributed by atoms with Crippen molar-refractivity contribution in [2.24, 2.45) is 5.73 Å². The van der Waals surface area contributed by atoms with Crippen molar-refractivity contribution in [3.63, 3.8) is 0 Å². The molecule has 3 rings (SSSR count). The van der Waals surface area contributed by atoms with Gasteiger partial charge in [-0.15, -0.1) is 0 Å². The van der Waals surface area contributed by atoms with E-state index >= 15 is 0 Å². The largest absolute Gasteiger partial charge is 0.470 e. The van der Waals surface area contributed by atoms with Gasteiger partial charge in [-0.05, 0) is 24.6 Å². The maximum atomic E-state index is 12.9. The first-order valence-electron chi connectivity index (χ1n) is 7.15. The first-order valence-corrected chi connectivity index (χ1v) is 7.67. The number of hydrogen-bond acceptors (Lipinski definition) is 5. The Balaban J connectivity index is 1.93. The summed E-state index contributed by atoms with van der Waals surface area (Å²) in [5.74, 6) is -0.561. The number of hydrogen-bond donors (Lipinski definition) is 2. The minimum atomic E-state index is -0.785. The Bertz CT molecular complexity index is 895. The quantitative estimate of drug-likeness (QED) is 0.694. The number of ether oxygens (including phenoxy) is 1. The molecular formula is C16H15FN4O2S. The number of primary amides is 1. The van der Waals surface area contributed by atoms with Crippen molar-refractivity contribution >= 4 is 24.2 Å². The maximum absolute atomic E-state index is 12.9. The van der Waals surface area contributed by atoms with Crippen molar-refractivity contribution in [3.8, 4) is 5.88 Å². The fourth-order valence-electron chi connectivity index (χ4n) is 2.38. The van der Waals surface area contributed by atoms with E-state index in [0.29, 0.717) is 22.9 Å². The lowest BCUT2D eigenvalue weighted by molar-refractivity contribution is -0.117. The van der Waals surface area contributed by atoms with Gasteiger partial charge in [0.15, 0.2) is 0 Å². The average Bonchev–Trinajstić information content (AvgIpc) is 2.90. The molecular weight excluding hydrogens is 331 g/mol. The van der Waals surface area contributed by atoms with Crippen LogP contribution in [0.3, 0.4) is 0 Å². The molecule has 0 aliphatic rings. The number of amides is 1. The van der Waals surface area contributed by atoms with E-state index in [-0.39, 0.29) is 12.4 Å². The van der Waals surface area contributed by atoms with Crippen LogP contribution >= 0.6 is 12.6 Å². The number of aromatic nitrogens is 3. The van der Waals surface area contributed by atoms with Gasteiger partial charge in [-0.2, -0.15) is 12.6 Å². The minimum absolute atomic E-state index is 0.217. The van der Waals surface area contributed by atoms with Crippen molar-refractivity contribution in [1.82, 2.24) is 14.4 Å².